The quantitative estimate of drug-likeness (QED) is 0.777. The van der Waals surface area contributed by atoms with E-state index in [4.69, 9.17) is 9.47 Å². The lowest BCUT2D eigenvalue weighted by atomic mass is 9.97. The summed E-state index contributed by atoms with van der Waals surface area (Å²) in [5, 5.41) is 0. The van der Waals surface area contributed by atoms with Crippen LogP contribution in [0.25, 0.3) is 0 Å². The van der Waals surface area contributed by atoms with Crippen molar-refractivity contribution in [2.24, 2.45) is 0 Å². The molecule has 0 aliphatic rings. The van der Waals surface area contributed by atoms with Gasteiger partial charge in [0.2, 0.25) is 0 Å². The Labute approximate surface area is 125 Å². The van der Waals surface area contributed by atoms with Gasteiger partial charge in [0, 0.05) is 5.56 Å². The van der Waals surface area contributed by atoms with Crippen LogP contribution in [0.4, 0.5) is 0 Å². The molecule has 0 N–H and O–H groups in total. The van der Waals surface area contributed by atoms with Crippen molar-refractivity contribution >= 4 is 5.78 Å². The zero-order valence-corrected chi connectivity index (χ0v) is 12.8. The van der Waals surface area contributed by atoms with Gasteiger partial charge in [0.1, 0.15) is 0 Å². The van der Waals surface area contributed by atoms with E-state index in [1.807, 2.05) is 24.3 Å². The smallest absolute Gasteiger partial charge is 0.196 e. The number of ketones is 1. The molecule has 0 aliphatic heterocycles. The standard InChI is InChI=1S/C18H20O3/c1-12(2)13-8-10-14(11-9-13)17(19)15-6-5-7-16(20-3)18(15)21-4/h5-12H,1-4H3. The SMILES string of the molecule is COc1cccc(C(=O)c2ccc(C(C)C)cc2)c1OC. The second kappa shape index (κ2) is 6.44. The molecule has 0 radical (unpaired) electrons. The van der Waals surface area contributed by atoms with Crippen LogP contribution >= 0.6 is 0 Å². The normalized spacial score (nSPS) is 10.5. The number of benzene rings is 2. The summed E-state index contributed by atoms with van der Waals surface area (Å²) < 4.78 is 10.6. The number of hydrogen-bond donors (Lipinski definition) is 0. The Morgan fingerprint density at radius 3 is 2.14 bits per heavy atom. The van der Waals surface area contributed by atoms with Crippen LogP contribution < -0.4 is 9.47 Å². The number of para-hydroxylation sites is 1. The topological polar surface area (TPSA) is 35.5 Å². The summed E-state index contributed by atoms with van der Waals surface area (Å²) in [5.41, 5.74) is 2.37. The van der Waals surface area contributed by atoms with Gasteiger partial charge >= 0.3 is 0 Å². The van der Waals surface area contributed by atoms with Crippen LogP contribution in [0, 0.1) is 0 Å². The first kappa shape index (κ1) is 15.1. The van der Waals surface area contributed by atoms with Crippen LogP contribution in [0.1, 0.15) is 41.3 Å². The van der Waals surface area contributed by atoms with Crippen molar-refractivity contribution in [2.75, 3.05) is 14.2 Å². The van der Waals surface area contributed by atoms with Gasteiger partial charge in [-0.2, -0.15) is 0 Å². The molecule has 0 unspecified atom stereocenters. The molecule has 3 nitrogen and oxygen atoms in total. The third-order valence-electron chi connectivity index (χ3n) is 3.49. The van der Waals surface area contributed by atoms with E-state index >= 15 is 0 Å². The molecule has 110 valence electrons. The maximum Gasteiger partial charge on any atom is 0.196 e. The fraction of sp³-hybridized carbons (Fsp3) is 0.278. The molecule has 0 aromatic heterocycles. The van der Waals surface area contributed by atoms with Crippen LogP contribution in [-0.2, 0) is 0 Å². The van der Waals surface area contributed by atoms with Crippen molar-refractivity contribution in [3.8, 4) is 11.5 Å². The molecule has 21 heavy (non-hydrogen) atoms. The van der Waals surface area contributed by atoms with Crippen molar-refractivity contribution in [3.05, 3.63) is 59.2 Å². The van der Waals surface area contributed by atoms with Gasteiger partial charge in [0.05, 0.1) is 19.8 Å². The van der Waals surface area contributed by atoms with Gasteiger partial charge in [-0.15, -0.1) is 0 Å². The van der Waals surface area contributed by atoms with Gasteiger partial charge in [-0.1, -0.05) is 44.2 Å². The minimum Gasteiger partial charge on any atom is -0.493 e. The molecule has 2 aromatic rings. The van der Waals surface area contributed by atoms with Crippen molar-refractivity contribution in [1.29, 1.82) is 0 Å². The summed E-state index contributed by atoms with van der Waals surface area (Å²) in [6.07, 6.45) is 0. The van der Waals surface area contributed by atoms with Crippen LogP contribution in [0.5, 0.6) is 11.5 Å². The average molecular weight is 284 g/mol. The zero-order valence-electron chi connectivity index (χ0n) is 12.8. The number of methoxy groups -OCH3 is 2. The van der Waals surface area contributed by atoms with E-state index in [9.17, 15) is 4.79 Å². The Hall–Kier alpha value is -2.29. The van der Waals surface area contributed by atoms with Gasteiger partial charge in [-0.05, 0) is 23.6 Å². The lowest BCUT2D eigenvalue weighted by Gasteiger charge is -2.12. The monoisotopic (exact) mass is 284 g/mol. The fourth-order valence-electron chi connectivity index (χ4n) is 2.24. The minimum atomic E-state index is -0.0685. The van der Waals surface area contributed by atoms with Gasteiger partial charge in [0.25, 0.3) is 0 Å². The summed E-state index contributed by atoms with van der Waals surface area (Å²) in [6, 6.07) is 13.0. The largest absolute Gasteiger partial charge is 0.493 e. The van der Waals surface area contributed by atoms with E-state index < -0.39 is 0 Å². The molecule has 0 spiro atoms. The molecule has 0 saturated carbocycles. The van der Waals surface area contributed by atoms with Crippen LogP contribution in [-0.4, -0.2) is 20.0 Å². The van der Waals surface area contributed by atoms with E-state index in [-0.39, 0.29) is 5.78 Å². The Morgan fingerprint density at radius 2 is 1.62 bits per heavy atom. The molecule has 0 saturated heterocycles. The highest BCUT2D eigenvalue weighted by Crippen LogP contribution is 2.32. The first-order valence-corrected chi connectivity index (χ1v) is 6.94. The highest BCUT2D eigenvalue weighted by atomic mass is 16.5. The summed E-state index contributed by atoms with van der Waals surface area (Å²) in [5.74, 6) is 1.40. The lowest BCUT2D eigenvalue weighted by molar-refractivity contribution is 0.103. The summed E-state index contributed by atoms with van der Waals surface area (Å²) in [7, 11) is 3.10. The maximum atomic E-state index is 12.6. The second-order valence-corrected chi connectivity index (χ2v) is 5.15. The third-order valence-corrected chi connectivity index (χ3v) is 3.49. The third kappa shape index (κ3) is 3.07. The first-order valence-electron chi connectivity index (χ1n) is 6.94. The fourth-order valence-corrected chi connectivity index (χ4v) is 2.24. The van der Waals surface area contributed by atoms with Crippen molar-refractivity contribution in [3.63, 3.8) is 0 Å². The van der Waals surface area contributed by atoms with Gasteiger partial charge < -0.3 is 9.47 Å². The van der Waals surface area contributed by atoms with E-state index in [0.717, 1.165) is 0 Å². The Bertz CT molecular complexity index is 627. The number of carbonyl (C=O) groups excluding carboxylic acids is 1. The number of ether oxygens (including phenoxy) is 2. The zero-order chi connectivity index (χ0) is 15.4. The average Bonchev–Trinajstić information content (AvgIpc) is 2.53. The Kier molecular flexibility index (Phi) is 4.63. The van der Waals surface area contributed by atoms with E-state index in [1.54, 1.807) is 25.3 Å². The summed E-state index contributed by atoms with van der Waals surface area (Å²) in [6.45, 7) is 4.25. The molecule has 0 heterocycles. The second-order valence-electron chi connectivity index (χ2n) is 5.15. The van der Waals surface area contributed by atoms with Gasteiger partial charge in [-0.25, -0.2) is 0 Å². The molecule has 0 atom stereocenters. The van der Waals surface area contributed by atoms with Crippen LogP contribution in [0.15, 0.2) is 42.5 Å². The summed E-state index contributed by atoms with van der Waals surface area (Å²) in [4.78, 5) is 12.6. The van der Waals surface area contributed by atoms with Crippen molar-refractivity contribution in [1.82, 2.24) is 0 Å². The highest BCUT2D eigenvalue weighted by Gasteiger charge is 2.17. The Balaban J connectivity index is 2.40. The predicted molar refractivity (Wildman–Crippen MR) is 83.5 cm³/mol. The minimum absolute atomic E-state index is 0.0685. The van der Waals surface area contributed by atoms with Gasteiger partial charge in [0.15, 0.2) is 17.3 Å². The first-order chi connectivity index (χ1) is 10.1. The lowest BCUT2D eigenvalue weighted by Crippen LogP contribution is -2.05. The molecule has 3 heteroatoms. The summed E-state index contributed by atoms with van der Waals surface area (Å²) >= 11 is 0. The molecule has 0 fully saturated rings. The number of hydrogen-bond acceptors (Lipinski definition) is 3. The molecule has 2 rings (SSSR count). The van der Waals surface area contributed by atoms with Gasteiger partial charge in [-0.3, -0.25) is 4.79 Å². The highest BCUT2D eigenvalue weighted by molar-refractivity contribution is 6.11. The number of carbonyl (C=O) groups is 1. The van der Waals surface area contributed by atoms with Crippen LogP contribution in [0.2, 0.25) is 0 Å². The molecule has 2 aromatic carbocycles. The van der Waals surface area contributed by atoms with Crippen molar-refractivity contribution < 1.29 is 14.3 Å². The molecule has 0 bridgehead atoms. The Morgan fingerprint density at radius 1 is 0.952 bits per heavy atom. The maximum absolute atomic E-state index is 12.6. The van der Waals surface area contributed by atoms with Crippen LogP contribution in [0.3, 0.4) is 0 Å². The van der Waals surface area contributed by atoms with E-state index in [1.165, 1.54) is 12.7 Å². The molecule has 0 amide bonds. The predicted octanol–water partition coefficient (Wildman–Crippen LogP) is 4.06. The van der Waals surface area contributed by atoms with Crippen molar-refractivity contribution in [2.45, 2.75) is 19.8 Å². The van der Waals surface area contributed by atoms with E-state index in [2.05, 4.69) is 13.8 Å². The molecular formula is C18H20O3. The molecular weight excluding hydrogens is 264 g/mol. The number of rotatable bonds is 5. The molecule has 0 aliphatic carbocycles. The van der Waals surface area contributed by atoms with E-state index in [0.29, 0.717) is 28.5 Å².